The zero-order valence-corrected chi connectivity index (χ0v) is 12.5. The van der Waals surface area contributed by atoms with Crippen molar-refractivity contribution in [3.05, 3.63) is 30.1 Å². The molecule has 0 aliphatic carbocycles. The highest BCUT2D eigenvalue weighted by molar-refractivity contribution is 7.99. The summed E-state index contributed by atoms with van der Waals surface area (Å²) < 4.78 is 5.37. The maximum absolute atomic E-state index is 5.37. The fourth-order valence-electron chi connectivity index (χ4n) is 2.45. The molecule has 4 nitrogen and oxygen atoms in total. The van der Waals surface area contributed by atoms with Crippen LogP contribution in [0.25, 0.3) is 10.9 Å². The van der Waals surface area contributed by atoms with Gasteiger partial charge in [-0.05, 0) is 18.6 Å². The molecule has 0 amide bonds. The lowest BCUT2D eigenvalue weighted by Gasteiger charge is -2.26. The number of aryl methyl sites for hydroxylation is 1. The molecule has 0 N–H and O–H groups in total. The number of rotatable bonds is 4. The van der Waals surface area contributed by atoms with E-state index in [0.29, 0.717) is 0 Å². The van der Waals surface area contributed by atoms with Crippen molar-refractivity contribution in [2.75, 3.05) is 38.6 Å². The number of morpholine rings is 1. The fraction of sp³-hybridized carbons (Fsp3) is 0.467. The van der Waals surface area contributed by atoms with Crippen molar-refractivity contribution >= 4 is 22.7 Å². The van der Waals surface area contributed by atoms with E-state index in [-0.39, 0.29) is 0 Å². The molecule has 0 spiro atoms. The van der Waals surface area contributed by atoms with Gasteiger partial charge in [-0.3, -0.25) is 4.90 Å². The number of nitrogens with zero attached hydrogens (tertiary/aromatic N) is 3. The normalized spacial score (nSPS) is 16.6. The summed E-state index contributed by atoms with van der Waals surface area (Å²) in [7, 11) is 0. The van der Waals surface area contributed by atoms with Gasteiger partial charge in [-0.2, -0.15) is 0 Å². The van der Waals surface area contributed by atoms with E-state index in [1.54, 1.807) is 6.33 Å². The molecule has 0 saturated carbocycles. The Morgan fingerprint density at radius 3 is 2.95 bits per heavy atom. The molecule has 5 heteroatoms. The molecule has 0 unspecified atom stereocenters. The maximum Gasteiger partial charge on any atom is 0.117 e. The molecule has 0 atom stereocenters. The van der Waals surface area contributed by atoms with Gasteiger partial charge in [-0.25, -0.2) is 9.97 Å². The van der Waals surface area contributed by atoms with Gasteiger partial charge in [0.1, 0.15) is 11.4 Å². The van der Waals surface area contributed by atoms with Gasteiger partial charge >= 0.3 is 0 Å². The van der Waals surface area contributed by atoms with Crippen LogP contribution >= 0.6 is 11.8 Å². The minimum Gasteiger partial charge on any atom is -0.379 e. The van der Waals surface area contributed by atoms with Gasteiger partial charge in [0.15, 0.2) is 0 Å². The second-order valence-corrected chi connectivity index (χ2v) is 6.03. The number of fused-ring (bicyclic) bond motifs is 1. The van der Waals surface area contributed by atoms with Crippen molar-refractivity contribution in [3.8, 4) is 0 Å². The van der Waals surface area contributed by atoms with Crippen LogP contribution in [-0.2, 0) is 4.74 Å². The maximum atomic E-state index is 5.37. The first-order chi connectivity index (χ1) is 9.84. The van der Waals surface area contributed by atoms with Gasteiger partial charge in [0.2, 0.25) is 0 Å². The zero-order valence-electron chi connectivity index (χ0n) is 11.7. The van der Waals surface area contributed by atoms with Crippen molar-refractivity contribution < 1.29 is 4.74 Å². The molecule has 3 rings (SSSR count). The van der Waals surface area contributed by atoms with Crippen molar-refractivity contribution in [2.24, 2.45) is 0 Å². The lowest BCUT2D eigenvalue weighted by atomic mass is 10.1. The van der Waals surface area contributed by atoms with E-state index < -0.39 is 0 Å². The zero-order chi connectivity index (χ0) is 13.8. The monoisotopic (exact) mass is 289 g/mol. The number of ether oxygens (including phenoxy) is 1. The molecule has 1 aromatic carbocycles. The lowest BCUT2D eigenvalue weighted by molar-refractivity contribution is 0.0410. The third-order valence-corrected chi connectivity index (χ3v) is 4.56. The van der Waals surface area contributed by atoms with Gasteiger partial charge in [0.25, 0.3) is 0 Å². The Morgan fingerprint density at radius 1 is 1.25 bits per heavy atom. The summed E-state index contributed by atoms with van der Waals surface area (Å²) in [6.45, 7) is 7.03. The van der Waals surface area contributed by atoms with Crippen molar-refractivity contribution in [2.45, 2.75) is 11.9 Å². The lowest BCUT2D eigenvalue weighted by Crippen LogP contribution is -2.37. The Hall–Kier alpha value is -1.17. The van der Waals surface area contributed by atoms with Crippen molar-refractivity contribution in [3.63, 3.8) is 0 Å². The van der Waals surface area contributed by atoms with Crippen LogP contribution in [0.4, 0.5) is 0 Å². The quantitative estimate of drug-likeness (QED) is 0.638. The molecule has 106 valence electrons. The molecule has 1 aliphatic heterocycles. The molecule has 1 saturated heterocycles. The summed E-state index contributed by atoms with van der Waals surface area (Å²) >= 11 is 1.82. The molecular weight excluding hydrogens is 270 g/mol. The minimum absolute atomic E-state index is 0.861. The summed E-state index contributed by atoms with van der Waals surface area (Å²) in [6, 6.07) is 6.22. The Morgan fingerprint density at radius 2 is 2.10 bits per heavy atom. The average molecular weight is 289 g/mol. The second kappa shape index (κ2) is 6.52. The van der Waals surface area contributed by atoms with E-state index in [1.165, 1.54) is 10.9 Å². The molecule has 1 aromatic heterocycles. The molecule has 2 aromatic rings. The Balaban J connectivity index is 1.68. The highest BCUT2D eigenvalue weighted by Crippen LogP contribution is 2.27. The molecule has 20 heavy (non-hydrogen) atoms. The van der Waals surface area contributed by atoms with Crippen LogP contribution in [-0.4, -0.2) is 53.5 Å². The second-order valence-electron chi connectivity index (χ2n) is 4.95. The predicted octanol–water partition coefficient (Wildman–Crippen LogP) is 2.36. The smallest absolute Gasteiger partial charge is 0.117 e. The van der Waals surface area contributed by atoms with Gasteiger partial charge in [-0.15, -0.1) is 11.8 Å². The minimum atomic E-state index is 0.861. The van der Waals surface area contributed by atoms with E-state index in [2.05, 4.69) is 33.9 Å². The summed E-state index contributed by atoms with van der Waals surface area (Å²) in [5.41, 5.74) is 2.28. The third kappa shape index (κ3) is 3.11. The van der Waals surface area contributed by atoms with E-state index >= 15 is 0 Å². The largest absolute Gasteiger partial charge is 0.379 e. The Bertz CT molecular complexity index is 579. The highest BCUT2D eigenvalue weighted by Gasteiger charge is 2.11. The van der Waals surface area contributed by atoms with E-state index in [1.807, 2.05) is 17.8 Å². The average Bonchev–Trinajstić information content (AvgIpc) is 2.49. The summed E-state index contributed by atoms with van der Waals surface area (Å²) in [5, 5.41) is 2.29. The number of aromatic nitrogens is 2. The first kappa shape index (κ1) is 13.8. The highest BCUT2D eigenvalue weighted by atomic mass is 32.2. The first-order valence-electron chi connectivity index (χ1n) is 6.98. The molecule has 2 heterocycles. The molecule has 1 fully saturated rings. The SMILES string of the molecule is Cc1cccc2ncnc(SCCN3CCOCC3)c12. The topological polar surface area (TPSA) is 38.2 Å². The molecule has 1 aliphatic rings. The van der Waals surface area contributed by atoms with Crippen LogP contribution in [0, 0.1) is 6.92 Å². The van der Waals surface area contributed by atoms with Crippen LogP contribution in [0.15, 0.2) is 29.6 Å². The van der Waals surface area contributed by atoms with Crippen LogP contribution in [0.2, 0.25) is 0 Å². The summed E-state index contributed by atoms with van der Waals surface area (Å²) in [6.07, 6.45) is 1.67. The first-order valence-corrected chi connectivity index (χ1v) is 7.96. The number of benzene rings is 1. The molecule has 0 bridgehead atoms. The van der Waals surface area contributed by atoms with Gasteiger partial charge in [-0.1, -0.05) is 12.1 Å². The number of hydrogen-bond donors (Lipinski definition) is 0. The van der Waals surface area contributed by atoms with Crippen molar-refractivity contribution in [1.82, 2.24) is 14.9 Å². The Labute approximate surface area is 123 Å². The number of hydrogen-bond acceptors (Lipinski definition) is 5. The van der Waals surface area contributed by atoms with Crippen molar-refractivity contribution in [1.29, 1.82) is 0 Å². The van der Waals surface area contributed by atoms with Gasteiger partial charge < -0.3 is 4.74 Å². The Kier molecular flexibility index (Phi) is 4.50. The van der Waals surface area contributed by atoms with Crippen LogP contribution in [0.3, 0.4) is 0 Å². The standard InChI is InChI=1S/C15H19N3OS/c1-12-3-2-4-13-14(12)15(17-11-16-13)20-10-7-18-5-8-19-9-6-18/h2-4,11H,5-10H2,1H3. The van der Waals surface area contributed by atoms with Crippen LogP contribution < -0.4 is 0 Å². The van der Waals surface area contributed by atoms with Gasteiger partial charge in [0.05, 0.1) is 18.7 Å². The molecular formula is C15H19N3OS. The van der Waals surface area contributed by atoms with E-state index in [4.69, 9.17) is 4.74 Å². The predicted molar refractivity (Wildman–Crippen MR) is 82.3 cm³/mol. The molecule has 0 radical (unpaired) electrons. The number of thioether (sulfide) groups is 1. The third-order valence-electron chi connectivity index (χ3n) is 3.59. The summed E-state index contributed by atoms with van der Waals surface area (Å²) in [4.78, 5) is 11.3. The fourth-order valence-corrected chi connectivity index (χ4v) is 3.53. The van der Waals surface area contributed by atoms with E-state index in [9.17, 15) is 0 Å². The van der Waals surface area contributed by atoms with Gasteiger partial charge in [0, 0.05) is 30.8 Å². The summed E-state index contributed by atoms with van der Waals surface area (Å²) in [5.74, 6) is 1.06. The van der Waals surface area contributed by atoms with E-state index in [0.717, 1.165) is 49.1 Å². The van der Waals surface area contributed by atoms with Crippen LogP contribution in [0.1, 0.15) is 5.56 Å². The van der Waals surface area contributed by atoms with Crippen LogP contribution in [0.5, 0.6) is 0 Å².